The van der Waals surface area contributed by atoms with Crippen LogP contribution in [-0.4, -0.2) is 36.5 Å². The van der Waals surface area contributed by atoms with Crippen LogP contribution >= 0.6 is 0 Å². The largest absolute Gasteiger partial charge is 0.487 e. The Bertz CT molecular complexity index is 945. The van der Waals surface area contributed by atoms with Gasteiger partial charge in [0.15, 0.2) is 11.6 Å². The monoisotopic (exact) mass is 364 g/mol. The first-order valence-corrected chi connectivity index (χ1v) is 8.76. The smallest absolute Gasteiger partial charge is 0.251 e. The first-order chi connectivity index (χ1) is 12.4. The molecule has 1 unspecified atom stereocenters. The first-order valence-electron chi connectivity index (χ1n) is 8.76. The highest BCUT2D eigenvalue weighted by Crippen LogP contribution is 2.44. The lowest BCUT2D eigenvalue weighted by atomic mass is 10.0. The van der Waals surface area contributed by atoms with E-state index >= 15 is 4.39 Å². The number of alkyl halides is 1. The van der Waals surface area contributed by atoms with E-state index in [1.54, 1.807) is 9.47 Å². The minimum absolute atomic E-state index is 0.00134. The number of halogens is 2. The highest BCUT2D eigenvalue weighted by molar-refractivity contribution is 5.94. The third-order valence-electron chi connectivity index (χ3n) is 5.42. The van der Waals surface area contributed by atoms with E-state index in [0.717, 1.165) is 0 Å². The number of aromatic nitrogens is 1. The molecule has 3 heterocycles. The second kappa shape index (κ2) is 5.92. The van der Waals surface area contributed by atoms with Crippen molar-refractivity contribution in [1.29, 1.82) is 0 Å². The number of anilines is 1. The second-order valence-corrected chi connectivity index (χ2v) is 7.20. The van der Waals surface area contributed by atoms with Gasteiger partial charge in [-0.1, -0.05) is 0 Å². The summed E-state index contributed by atoms with van der Waals surface area (Å²) in [4.78, 5) is 14.2. The van der Waals surface area contributed by atoms with Crippen molar-refractivity contribution < 1.29 is 13.5 Å². The van der Waals surface area contributed by atoms with Gasteiger partial charge in [-0.3, -0.25) is 9.36 Å². The highest BCUT2D eigenvalue weighted by Gasteiger charge is 2.40. The Balaban J connectivity index is 2.00. The van der Waals surface area contributed by atoms with Gasteiger partial charge in [0.2, 0.25) is 0 Å². The maximum absolute atomic E-state index is 15.0. The van der Waals surface area contributed by atoms with Crippen molar-refractivity contribution in [3.8, 4) is 5.75 Å². The lowest BCUT2D eigenvalue weighted by Crippen LogP contribution is -2.37. The van der Waals surface area contributed by atoms with Crippen LogP contribution in [0.25, 0.3) is 10.9 Å². The van der Waals surface area contributed by atoms with E-state index in [2.05, 4.69) is 0 Å². The summed E-state index contributed by atoms with van der Waals surface area (Å²) < 4.78 is 37.1. The fourth-order valence-corrected chi connectivity index (χ4v) is 4.01. The number of hydrogen-bond donors (Lipinski definition) is 2. The molecule has 26 heavy (non-hydrogen) atoms. The predicted molar refractivity (Wildman–Crippen MR) is 96.0 cm³/mol. The molecule has 4 N–H and O–H groups in total. The maximum Gasteiger partial charge on any atom is 0.251 e. The van der Waals surface area contributed by atoms with E-state index in [4.69, 9.17) is 16.2 Å². The van der Waals surface area contributed by atoms with E-state index < -0.39 is 11.5 Å². The molecule has 1 fully saturated rings. The fourth-order valence-electron chi connectivity index (χ4n) is 4.01. The van der Waals surface area contributed by atoms with Crippen LogP contribution in [-0.2, 0) is 6.54 Å². The van der Waals surface area contributed by atoms with Crippen LogP contribution in [0.4, 0.5) is 14.5 Å². The van der Waals surface area contributed by atoms with Gasteiger partial charge >= 0.3 is 0 Å². The predicted octanol–water partition coefficient (Wildman–Crippen LogP) is 1.43. The number of hydrogen-bond acceptors (Lipinski definition) is 5. The summed E-state index contributed by atoms with van der Waals surface area (Å²) in [6.45, 7) is 2.44. The highest BCUT2D eigenvalue weighted by atomic mass is 19.1. The molecule has 8 heteroatoms. The molecule has 2 aliphatic heterocycles. The molecule has 140 valence electrons. The Kier molecular flexibility index (Phi) is 3.92. The molecule has 1 aromatic carbocycles. The topological polar surface area (TPSA) is 86.5 Å². The molecular weight excluding hydrogens is 342 g/mol. The summed E-state index contributed by atoms with van der Waals surface area (Å²) in [7, 11) is 0. The summed E-state index contributed by atoms with van der Waals surface area (Å²) in [5.41, 5.74) is 10.8. The van der Waals surface area contributed by atoms with Gasteiger partial charge in [0.1, 0.15) is 18.0 Å². The van der Waals surface area contributed by atoms with Gasteiger partial charge in [-0.25, -0.2) is 8.78 Å². The Hall–Kier alpha value is -2.19. The third kappa shape index (κ3) is 2.39. The van der Waals surface area contributed by atoms with Gasteiger partial charge in [-0.15, -0.1) is 0 Å². The lowest BCUT2D eigenvalue weighted by molar-refractivity contribution is 0.203. The number of ether oxygens (including phenoxy) is 1. The van der Waals surface area contributed by atoms with Crippen LogP contribution in [0.15, 0.2) is 16.9 Å². The molecule has 2 aromatic rings. The number of nitrogens with two attached hydrogens (primary N) is 2. The SMILES string of the molecule is C[C@H]1COc2c(N3CCC(F)(CN)C3)c(F)cc3c(CN)cc(=O)n1c23. The van der Waals surface area contributed by atoms with E-state index in [0.29, 0.717) is 23.0 Å². The molecule has 0 bridgehead atoms. The molecule has 2 aliphatic rings. The van der Waals surface area contributed by atoms with Crippen molar-refractivity contribution in [3.63, 3.8) is 0 Å². The Labute approximate surface area is 149 Å². The van der Waals surface area contributed by atoms with E-state index in [-0.39, 0.29) is 55.7 Å². The van der Waals surface area contributed by atoms with Gasteiger partial charge in [0.25, 0.3) is 5.56 Å². The molecule has 1 saturated heterocycles. The molecule has 0 amide bonds. The molecule has 0 aliphatic carbocycles. The van der Waals surface area contributed by atoms with Crippen LogP contribution in [0.5, 0.6) is 5.75 Å². The summed E-state index contributed by atoms with van der Waals surface area (Å²) in [5, 5.41) is 0.555. The summed E-state index contributed by atoms with van der Waals surface area (Å²) in [5.74, 6) is -0.227. The average Bonchev–Trinajstić information content (AvgIpc) is 3.01. The van der Waals surface area contributed by atoms with Crippen molar-refractivity contribution in [1.82, 2.24) is 4.57 Å². The molecule has 4 rings (SSSR count). The first kappa shape index (κ1) is 17.2. The number of benzene rings is 1. The summed E-state index contributed by atoms with van der Waals surface area (Å²) in [6, 6.07) is 2.63. The normalized spacial score (nSPS) is 25.0. The van der Waals surface area contributed by atoms with Gasteiger partial charge in [-0.2, -0.15) is 0 Å². The van der Waals surface area contributed by atoms with Crippen LogP contribution < -0.4 is 26.7 Å². The molecule has 1 aromatic heterocycles. The lowest BCUT2D eigenvalue weighted by Gasteiger charge is -2.31. The molecule has 0 radical (unpaired) electrons. The van der Waals surface area contributed by atoms with Crippen molar-refractivity contribution in [2.24, 2.45) is 11.5 Å². The van der Waals surface area contributed by atoms with E-state index in [1.807, 2.05) is 6.92 Å². The molecule has 0 spiro atoms. The van der Waals surface area contributed by atoms with Gasteiger partial charge in [-0.05, 0) is 18.6 Å². The molecule has 2 atom stereocenters. The number of pyridine rings is 1. The molecular formula is C18H22F2N4O2. The maximum atomic E-state index is 15.0. The van der Waals surface area contributed by atoms with Crippen LogP contribution in [0, 0.1) is 5.82 Å². The van der Waals surface area contributed by atoms with E-state index in [9.17, 15) is 9.18 Å². The third-order valence-corrected chi connectivity index (χ3v) is 5.42. The Morgan fingerprint density at radius 1 is 1.38 bits per heavy atom. The second-order valence-electron chi connectivity index (χ2n) is 7.20. The van der Waals surface area contributed by atoms with Crippen molar-refractivity contribution >= 4 is 16.6 Å². The van der Waals surface area contributed by atoms with Gasteiger partial charge < -0.3 is 21.1 Å². The van der Waals surface area contributed by atoms with Crippen LogP contribution in [0.3, 0.4) is 0 Å². The van der Waals surface area contributed by atoms with Crippen molar-refractivity contribution in [2.45, 2.75) is 31.6 Å². The Morgan fingerprint density at radius 2 is 2.15 bits per heavy atom. The zero-order chi connectivity index (χ0) is 18.6. The standard InChI is InChI=1S/C18H22F2N4O2/c1-10-7-26-17-15-12(11(6-21)4-14(25)24(10)15)5-13(19)16(17)23-3-2-18(20,8-22)9-23/h4-5,10H,2-3,6-9,21-22H2,1H3/t10-,18?/m0/s1. The summed E-state index contributed by atoms with van der Waals surface area (Å²) in [6.07, 6.45) is 0.229. The quantitative estimate of drug-likeness (QED) is 0.860. The fraction of sp³-hybridized carbons (Fsp3) is 0.500. The number of nitrogens with zero attached hydrogens (tertiary/aromatic N) is 2. The van der Waals surface area contributed by atoms with Crippen LogP contribution in [0.1, 0.15) is 24.9 Å². The summed E-state index contributed by atoms with van der Waals surface area (Å²) >= 11 is 0. The Morgan fingerprint density at radius 3 is 2.81 bits per heavy atom. The average molecular weight is 364 g/mol. The van der Waals surface area contributed by atoms with Crippen LogP contribution in [0.2, 0.25) is 0 Å². The van der Waals surface area contributed by atoms with E-state index in [1.165, 1.54) is 12.1 Å². The molecule has 6 nitrogen and oxygen atoms in total. The zero-order valence-electron chi connectivity index (χ0n) is 14.6. The number of rotatable bonds is 3. The van der Waals surface area contributed by atoms with Crippen molar-refractivity contribution in [2.75, 3.05) is 31.1 Å². The zero-order valence-corrected chi connectivity index (χ0v) is 14.6. The van der Waals surface area contributed by atoms with Crippen molar-refractivity contribution in [3.05, 3.63) is 33.9 Å². The van der Waals surface area contributed by atoms with Gasteiger partial charge in [0.05, 0.1) is 18.1 Å². The molecule has 0 saturated carbocycles. The minimum atomic E-state index is -1.55. The minimum Gasteiger partial charge on any atom is -0.487 e. The van der Waals surface area contributed by atoms with Gasteiger partial charge in [0, 0.05) is 37.5 Å².